The molecular weight excluding hydrogens is 356 g/mol. The Balaban J connectivity index is 0.000000337. The van der Waals surface area contributed by atoms with Crippen LogP contribution in [0.15, 0.2) is 60.7 Å². The summed E-state index contributed by atoms with van der Waals surface area (Å²) >= 11 is 0. The second-order valence-electron chi connectivity index (χ2n) is 5.05. The van der Waals surface area contributed by atoms with Gasteiger partial charge in [-0.05, 0) is 24.3 Å². The van der Waals surface area contributed by atoms with Crippen molar-refractivity contribution in [2.75, 3.05) is 7.11 Å². The molecule has 0 aliphatic carbocycles. The normalized spacial score (nSPS) is 10.6. The van der Waals surface area contributed by atoms with Crippen molar-refractivity contribution < 1.29 is 38.9 Å². The number of aromatic carboxylic acids is 1. The van der Waals surface area contributed by atoms with Gasteiger partial charge < -0.3 is 19.7 Å². The highest BCUT2D eigenvalue weighted by Gasteiger charge is 2.27. The average Bonchev–Trinajstić information content (AvgIpc) is 2.68. The number of benzene rings is 2. The second kappa shape index (κ2) is 11.0. The first-order valence-corrected chi connectivity index (χ1v) is 7.69. The van der Waals surface area contributed by atoms with Crippen LogP contribution in [0.1, 0.15) is 27.1 Å². The van der Waals surface area contributed by atoms with Crippen molar-refractivity contribution in [3.63, 3.8) is 0 Å². The Bertz CT molecular complexity index is 771. The van der Waals surface area contributed by atoms with Crippen molar-refractivity contribution in [3.05, 3.63) is 71.8 Å². The lowest BCUT2D eigenvalue weighted by molar-refractivity contribution is -0.156. The van der Waals surface area contributed by atoms with Gasteiger partial charge in [-0.25, -0.2) is 14.4 Å². The van der Waals surface area contributed by atoms with Crippen LogP contribution in [-0.2, 0) is 19.1 Å². The molecule has 0 aliphatic rings. The Morgan fingerprint density at radius 3 is 1.70 bits per heavy atom. The Hall–Kier alpha value is -3.68. The van der Waals surface area contributed by atoms with E-state index in [-0.39, 0.29) is 5.56 Å². The summed E-state index contributed by atoms with van der Waals surface area (Å²) in [5.41, 5.74) is 0.564. The molecule has 2 aromatic carbocycles. The van der Waals surface area contributed by atoms with E-state index in [1.807, 2.05) is 0 Å². The zero-order valence-electron chi connectivity index (χ0n) is 14.4. The number of carboxylic acids is 2. The number of carbonyl (C=O) groups is 4. The summed E-state index contributed by atoms with van der Waals surface area (Å²) in [5.74, 6) is -3.81. The SMILES string of the molecule is COC(=O)C(CC(=O)O)OC(=O)c1ccccc1.O=C(O)c1ccccc1. The number of methoxy groups -OCH3 is 1. The third kappa shape index (κ3) is 7.82. The second-order valence-corrected chi connectivity index (χ2v) is 5.05. The molecule has 0 bridgehead atoms. The molecule has 0 amide bonds. The summed E-state index contributed by atoms with van der Waals surface area (Å²) in [5, 5.41) is 17.0. The monoisotopic (exact) mass is 374 g/mol. The standard InChI is InChI=1S/C12H12O6.C7H6O2/c1-17-12(16)9(7-10(13)14)18-11(15)8-5-3-2-4-6-8;8-7(9)6-4-2-1-3-5-6/h2-6,9H,7H2,1H3,(H,13,14);1-5H,(H,8,9). The summed E-state index contributed by atoms with van der Waals surface area (Å²) in [4.78, 5) is 43.6. The van der Waals surface area contributed by atoms with E-state index in [0.717, 1.165) is 7.11 Å². The Morgan fingerprint density at radius 1 is 0.852 bits per heavy atom. The van der Waals surface area contributed by atoms with Gasteiger partial charge in [-0.1, -0.05) is 36.4 Å². The maximum atomic E-state index is 11.6. The van der Waals surface area contributed by atoms with E-state index >= 15 is 0 Å². The highest BCUT2D eigenvalue weighted by Crippen LogP contribution is 2.08. The van der Waals surface area contributed by atoms with E-state index in [1.54, 1.807) is 48.5 Å². The number of carboxylic acid groups (broad SMARTS) is 2. The molecule has 142 valence electrons. The number of ether oxygens (including phenoxy) is 2. The van der Waals surface area contributed by atoms with Crippen molar-refractivity contribution in [3.8, 4) is 0 Å². The number of hydrogen-bond acceptors (Lipinski definition) is 6. The van der Waals surface area contributed by atoms with Gasteiger partial charge in [0.25, 0.3) is 0 Å². The molecule has 1 atom stereocenters. The molecule has 0 spiro atoms. The number of aliphatic carboxylic acids is 1. The fourth-order valence-electron chi connectivity index (χ4n) is 1.82. The van der Waals surface area contributed by atoms with Crippen LogP contribution >= 0.6 is 0 Å². The molecule has 0 aromatic heterocycles. The lowest BCUT2D eigenvalue weighted by Gasteiger charge is -2.13. The molecule has 2 N–H and O–H groups in total. The van der Waals surface area contributed by atoms with Crippen molar-refractivity contribution in [1.82, 2.24) is 0 Å². The van der Waals surface area contributed by atoms with Crippen LogP contribution in [0.25, 0.3) is 0 Å². The van der Waals surface area contributed by atoms with Crippen LogP contribution in [0.4, 0.5) is 0 Å². The minimum Gasteiger partial charge on any atom is -0.481 e. The molecule has 8 nitrogen and oxygen atoms in total. The van der Waals surface area contributed by atoms with Gasteiger partial charge in [0.05, 0.1) is 24.7 Å². The van der Waals surface area contributed by atoms with Crippen LogP contribution in [-0.4, -0.2) is 47.3 Å². The molecule has 2 aromatic rings. The maximum absolute atomic E-state index is 11.6. The predicted octanol–water partition coefficient (Wildman–Crippen LogP) is 2.24. The lowest BCUT2D eigenvalue weighted by Crippen LogP contribution is -2.30. The van der Waals surface area contributed by atoms with Gasteiger partial charge in [0.1, 0.15) is 0 Å². The Labute approximate surface area is 155 Å². The summed E-state index contributed by atoms with van der Waals surface area (Å²) in [7, 11) is 1.09. The summed E-state index contributed by atoms with van der Waals surface area (Å²) in [6.45, 7) is 0. The van der Waals surface area contributed by atoms with Crippen molar-refractivity contribution in [2.24, 2.45) is 0 Å². The van der Waals surface area contributed by atoms with Gasteiger partial charge in [-0.3, -0.25) is 4.79 Å². The van der Waals surface area contributed by atoms with Crippen molar-refractivity contribution >= 4 is 23.9 Å². The van der Waals surface area contributed by atoms with Crippen LogP contribution in [0.2, 0.25) is 0 Å². The van der Waals surface area contributed by atoms with Crippen molar-refractivity contribution in [2.45, 2.75) is 12.5 Å². The number of rotatable bonds is 6. The molecule has 8 heteroatoms. The molecule has 0 radical (unpaired) electrons. The first-order chi connectivity index (χ1) is 12.8. The van der Waals surface area contributed by atoms with E-state index in [9.17, 15) is 19.2 Å². The molecule has 0 heterocycles. The fourth-order valence-corrected chi connectivity index (χ4v) is 1.82. The molecule has 0 fully saturated rings. The van der Waals surface area contributed by atoms with E-state index < -0.39 is 36.4 Å². The zero-order chi connectivity index (χ0) is 20.2. The predicted molar refractivity (Wildman–Crippen MR) is 93.3 cm³/mol. The lowest BCUT2D eigenvalue weighted by atomic mass is 10.2. The average molecular weight is 374 g/mol. The van der Waals surface area contributed by atoms with Crippen LogP contribution in [0.3, 0.4) is 0 Å². The Kier molecular flexibility index (Phi) is 8.73. The van der Waals surface area contributed by atoms with Crippen molar-refractivity contribution in [1.29, 1.82) is 0 Å². The fraction of sp³-hybridized carbons (Fsp3) is 0.158. The quantitative estimate of drug-likeness (QED) is 0.737. The first kappa shape index (κ1) is 21.4. The molecule has 0 saturated heterocycles. The van der Waals surface area contributed by atoms with E-state index in [1.165, 1.54) is 12.1 Å². The molecule has 2 rings (SSSR count). The molecular formula is C19H18O8. The Morgan fingerprint density at radius 2 is 1.33 bits per heavy atom. The maximum Gasteiger partial charge on any atom is 0.347 e. The van der Waals surface area contributed by atoms with Gasteiger partial charge in [-0.15, -0.1) is 0 Å². The van der Waals surface area contributed by atoms with Crippen LogP contribution < -0.4 is 0 Å². The van der Waals surface area contributed by atoms with Gasteiger partial charge in [-0.2, -0.15) is 0 Å². The van der Waals surface area contributed by atoms with Gasteiger partial charge in [0.2, 0.25) is 6.10 Å². The number of hydrogen-bond donors (Lipinski definition) is 2. The van der Waals surface area contributed by atoms with Crippen LogP contribution in [0, 0.1) is 0 Å². The summed E-state index contributed by atoms with van der Waals surface area (Å²) < 4.78 is 9.18. The summed E-state index contributed by atoms with van der Waals surface area (Å²) in [6.07, 6.45) is -2.08. The molecule has 0 saturated carbocycles. The highest BCUT2D eigenvalue weighted by atomic mass is 16.6. The highest BCUT2D eigenvalue weighted by molar-refractivity contribution is 5.92. The van der Waals surface area contributed by atoms with E-state index in [4.69, 9.17) is 14.9 Å². The first-order valence-electron chi connectivity index (χ1n) is 7.69. The minimum atomic E-state index is -1.44. The van der Waals surface area contributed by atoms with Crippen LogP contribution in [0.5, 0.6) is 0 Å². The largest absolute Gasteiger partial charge is 0.481 e. The number of carbonyl (C=O) groups excluding carboxylic acids is 2. The summed E-state index contributed by atoms with van der Waals surface area (Å²) in [6, 6.07) is 16.3. The molecule has 1 unspecified atom stereocenters. The minimum absolute atomic E-state index is 0.233. The third-order valence-electron chi connectivity index (χ3n) is 3.10. The smallest absolute Gasteiger partial charge is 0.347 e. The van der Waals surface area contributed by atoms with E-state index in [0.29, 0.717) is 5.56 Å². The number of esters is 2. The molecule has 0 aliphatic heterocycles. The van der Waals surface area contributed by atoms with Gasteiger partial charge in [0, 0.05) is 0 Å². The van der Waals surface area contributed by atoms with Gasteiger partial charge in [0.15, 0.2) is 0 Å². The zero-order valence-corrected chi connectivity index (χ0v) is 14.4. The third-order valence-corrected chi connectivity index (χ3v) is 3.10. The molecule has 27 heavy (non-hydrogen) atoms. The van der Waals surface area contributed by atoms with E-state index in [2.05, 4.69) is 4.74 Å². The van der Waals surface area contributed by atoms with Gasteiger partial charge >= 0.3 is 23.9 Å². The topological polar surface area (TPSA) is 127 Å².